The SMILES string of the molecule is Cc1cc(Br)c(NCc2cnc3ccccc3n2)cc1Cl. The molecule has 3 aromatic rings. The zero-order valence-corrected chi connectivity index (χ0v) is 13.7. The van der Waals surface area contributed by atoms with Crippen LogP contribution in [0.15, 0.2) is 47.1 Å². The molecule has 3 nitrogen and oxygen atoms in total. The van der Waals surface area contributed by atoms with E-state index < -0.39 is 0 Å². The fourth-order valence-corrected chi connectivity index (χ4v) is 2.81. The van der Waals surface area contributed by atoms with Crippen molar-refractivity contribution >= 4 is 44.3 Å². The molecule has 0 radical (unpaired) electrons. The minimum absolute atomic E-state index is 0.593. The molecule has 1 aromatic heterocycles. The van der Waals surface area contributed by atoms with E-state index in [0.29, 0.717) is 6.54 Å². The molecule has 0 bridgehead atoms. The predicted octanol–water partition coefficient (Wildman–Crippen LogP) is 4.97. The Hall–Kier alpha value is -1.65. The second kappa shape index (κ2) is 6.00. The Kier molecular flexibility index (Phi) is 4.08. The normalized spacial score (nSPS) is 10.8. The van der Waals surface area contributed by atoms with Crippen LogP contribution in [-0.2, 0) is 6.54 Å². The number of nitrogens with one attached hydrogen (secondary N) is 1. The van der Waals surface area contributed by atoms with Gasteiger partial charge in [0.15, 0.2) is 0 Å². The number of rotatable bonds is 3. The van der Waals surface area contributed by atoms with Gasteiger partial charge in [-0.25, -0.2) is 4.98 Å². The number of para-hydroxylation sites is 2. The zero-order chi connectivity index (χ0) is 14.8. The lowest BCUT2D eigenvalue weighted by Crippen LogP contribution is -2.03. The van der Waals surface area contributed by atoms with Gasteiger partial charge < -0.3 is 5.32 Å². The van der Waals surface area contributed by atoms with Crippen molar-refractivity contribution in [3.05, 3.63) is 63.3 Å². The number of aryl methyl sites for hydroxylation is 1. The third kappa shape index (κ3) is 3.17. The molecule has 0 saturated carbocycles. The molecule has 0 saturated heterocycles. The van der Waals surface area contributed by atoms with Gasteiger partial charge >= 0.3 is 0 Å². The Balaban J connectivity index is 1.81. The molecule has 106 valence electrons. The van der Waals surface area contributed by atoms with E-state index in [-0.39, 0.29) is 0 Å². The smallest absolute Gasteiger partial charge is 0.0890 e. The number of hydrogen-bond donors (Lipinski definition) is 1. The van der Waals surface area contributed by atoms with Gasteiger partial charge in [-0.2, -0.15) is 0 Å². The summed E-state index contributed by atoms with van der Waals surface area (Å²) in [6.45, 7) is 2.57. The van der Waals surface area contributed by atoms with Crippen LogP contribution in [0.25, 0.3) is 11.0 Å². The van der Waals surface area contributed by atoms with E-state index in [2.05, 4.69) is 31.2 Å². The molecule has 2 aromatic carbocycles. The number of benzene rings is 2. The molecule has 3 rings (SSSR count). The van der Waals surface area contributed by atoms with E-state index in [1.165, 1.54) is 0 Å². The second-order valence-corrected chi connectivity index (χ2v) is 6.05. The molecule has 0 unspecified atom stereocenters. The third-order valence-electron chi connectivity index (χ3n) is 3.21. The maximum absolute atomic E-state index is 6.16. The minimum Gasteiger partial charge on any atom is -0.378 e. The van der Waals surface area contributed by atoms with Crippen LogP contribution >= 0.6 is 27.5 Å². The van der Waals surface area contributed by atoms with E-state index in [9.17, 15) is 0 Å². The summed E-state index contributed by atoms with van der Waals surface area (Å²) in [4.78, 5) is 8.99. The van der Waals surface area contributed by atoms with Gasteiger partial charge in [-0.1, -0.05) is 23.7 Å². The Bertz CT molecular complexity index is 805. The summed E-state index contributed by atoms with van der Waals surface area (Å²) in [5.41, 5.74) is 4.68. The van der Waals surface area contributed by atoms with E-state index >= 15 is 0 Å². The van der Waals surface area contributed by atoms with E-state index in [1.54, 1.807) is 6.20 Å². The molecule has 0 fully saturated rings. The Morgan fingerprint density at radius 3 is 2.76 bits per heavy atom. The summed E-state index contributed by atoms with van der Waals surface area (Å²) >= 11 is 9.69. The largest absolute Gasteiger partial charge is 0.378 e. The van der Waals surface area contributed by atoms with Crippen molar-refractivity contribution in [2.24, 2.45) is 0 Å². The van der Waals surface area contributed by atoms with E-state index in [4.69, 9.17) is 11.6 Å². The monoisotopic (exact) mass is 361 g/mol. The van der Waals surface area contributed by atoms with Gasteiger partial charge in [-0.3, -0.25) is 4.98 Å². The number of aromatic nitrogens is 2. The number of hydrogen-bond acceptors (Lipinski definition) is 3. The molecule has 0 aliphatic rings. The lowest BCUT2D eigenvalue weighted by atomic mass is 10.2. The second-order valence-electron chi connectivity index (χ2n) is 4.78. The highest BCUT2D eigenvalue weighted by Crippen LogP contribution is 2.29. The molecule has 0 spiro atoms. The van der Waals surface area contributed by atoms with Crippen LogP contribution in [0.5, 0.6) is 0 Å². The fourth-order valence-electron chi connectivity index (χ4n) is 2.05. The van der Waals surface area contributed by atoms with Gasteiger partial charge in [0.2, 0.25) is 0 Å². The molecular weight excluding hydrogens is 350 g/mol. The third-order valence-corrected chi connectivity index (χ3v) is 4.27. The van der Waals surface area contributed by atoms with Crippen molar-refractivity contribution in [1.82, 2.24) is 9.97 Å². The van der Waals surface area contributed by atoms with Crippen molar-refractivity contribution in [2.75, 3.05) is 5.32 Å². The lowest BCUT2D eigenvalue weighted by Gasteiger charge is -2.10. The van der Waals surface area contributed by atoms with Gasteiger partial charge in [-0.15, -0.1) is 0 Å². The summed E-state index contributed by atoms with van der Waals surface area (Å²) in [7, 11) is 0. The molecule has 1 heterocycles. The van der Waals surface area contributed by atoms with Crippen molar-refractivity contribution < 1.29 is 0 Å². The van der Waals surface area contributed by atoms with Gasteiger partial charge in [0.05, 0.1) is 35.2 Å². The molecule has 21 heavy (non-hydrogen) atoms. The maximum atomic E-state index is 6.16. The predicted molar refractivity (Wildman–Crippen MR) is 90.8 cm³/mol. The molecule has 0 atom stereocenters. The van der Waals surface area contributed by atoms with Crippen LogP contribution in [0.4, 0.5) is 5.69 Å². The Morgan fingerprint density at radius 1 is 1.19 bits per heavy atom. The highest BCUT2D eigenvalue weighted by Gasteiger charge is 2.05. The first-order valence-electron chi connectivity index (χ1n) is 6.53. The van der Waals surface area contributed by atoms with Crippen LogP contribution in [-0.4, -0.2) is 9.97 Å². The zero-order valence-electron chi connectivity index (χ0n) is 11.4. The van der Waals surface area contributed by atoms with E-state index in [0.717, 1.165) is 37.5 Å². The Labute approximate surface area is 136 Å². The van der Waals surface area contributed by atoms with Crippen molar-refractivity contribution in [3.8, 4) is 0 Å². The summed E-state index contributed by atoms with van der Waals surface area (Å²) < 4.78 is 0.984. The first-order chi connectivity index (χ1) is 10.1. The average molecular weight is 363 g/mol. The van der Waals surface area contributed by atoms with Crippen LogP contribution in [0.1, 0.15) is 11.3 Å². The average Bonchev–Trinajstić information content (AvgIpc) is 2.49. The highest BCUT2D eigenvalue weighted by molar-refractivity contribution is 9.10. The van der Waals surface area contributed by atoms with Gasteiger partial charge in [-0.05, 0) is 52.7 Å². The van der Waals surface area contributed by atoms with Crippen molar-refractivity contribution in [2.45, 2.75) is 13.5 Å². The molecular formula is C16H13BrClN3. The summed E-state index contributed by atoms with van der Waals surface area (Å²) in [6, 6.07) is 11.7. The van der Waals surface area contributed by atoms with Gasteiger partial charge in [0.1, 0.15) is 0 Å². The number of fused-ring (bicyclic) bond motifs is 1. The van der Waals surface area contributed by atoms with Crippen LogP contribution < -0.4 is 5.32 Å². The number of halogens is 2. The lowest BCUT2D eigenvalue weighted by molar-refractivity contribution is 1.04. The first-order valence-corrected chi connectivity index (χ1v) is 7.71. The molecule has 0 amide bonds. The molecule has 0 aliphatic carbocycles. The Morgan fingerprint density at radius 2 is 1.95 bits per heavy atom. The summed E-state index contributed by atoms with van der Waals surface area (Å²) in [5, 5.41) is 4.07. The quantitative estimate of drug-likeness (QED) is 0.715. The van der Waals surface area contributed by atoms with Gasteiger partial charge in [0.25, 0.3) is 0 Å². The van der Waals surface area contributed by atoms with Crippen LogP contribution in [0.3, 0.4) is 0 Å². The molecule has 1 N–H and O–H groups in total. The van der Waals surface area contributed by atoms with Crippen molar-refractivity contribution in [1.29, 1.82) is 0 Å². The maximum Gasteiger partial charge on any atom is 0.0890 e. The fraction of sp³-hybridized carbons (Fsp3) is 0.125. The standard InChI is InChI=1S/C16H13BrClN3/c1-10-6-12(17)16(7-13(10)18)20-9-11-8-19-14-4-2-3-5-15(14)21-11/h2-8,20H,9H2,1H3. The van der Waals surface area contributed by atoms with Crippen LogP contribution in [0.2, 0.25) is 5.02 Å². The van der Waals surface area contributed by atoms with Gasteiger partial charge in [0, 0.05) is 9.50 Å². The summed E-state index contributed by atoms with van der Waals surface area (Å²) in [5.74, 6) is 0. The topological polar surface area (TPSA) is 37.8 Å². The van der Waals surface area contributed by atoms with Crippen LogP contribution in [0, 0.1) is 6.92 Å². The van der Waals surface area contributed by atoms with Crippen molar-refractivity contribution in [3.63, 3.8) is 0 Å². The minimum atomic E-state index is 0.593. The van der Waals surface area contributed by atoms with E-state index in [1.807, 2.05) is 43.3 Å². The molecule has 5 heteroatoms. The number of nitrogens with zero attached hydrogens (tertiary/aromatic N) is 2. The number of anilines is 1. The summed E-state index contributed by atoms with van der Waals surface area (Å²) in [6.07, 6.45) is 1.79. The molecule has 0 aliphatic heterocycles. The first kappa shape index (κ1) is 14.3. The highest BCUT2D eigenvalue weighted by atomic mass is 79.9.